The Balaban J connectivity index is 1.61. The molecule has 0 spiro atoms. The van der Waals surface area contributed by atoms with Crippen LogP contribution in [0.5, 0.6) is 5.75 Å². The second-order valence-corrected chi connectivity index (χ2v) is 7.34. The van der Waals surface area contributed by atoms with Crippen LogP contribution in [0.4, 0.5) is 5.69 Å². The summed E-state index contributed by atoms with van der Waals surface area (Å²) in [6.45, 7) is 2.93. The number of benzene rings is 3. The molecule has 146 valence electrons. The van der Waals surface area contributed by atoms with Gasteiger partial charge in [-0.1, -0.05) is 59.6 Å². The number of carbonyl (C=O) groups excluding carboxylic acids is 1. The summed E-state index contributed by atoms with van der Waals surface area (Å²) in [6, 6.07) is 23.3. The summed E-state index contributed by atoms with van der Waals surface area (Å²) in [5.74, 6) is 0.724. The highest BCUT2D eigenvalue weighted by Crippen LogP contribution is 2.29. The van der Waals surface area contributed by atoms with E-state index in [-0.39, 0.29) is 12.5 Å². The van der Waals surface area contributed by atoms with E-state index in [4.69, 9.17) is 16.3 Å². The highest BCUT2D eigenvalue weighted by molar-refractivity contribution is 6.32. The van der Waals surface area contributed by atoms with Gasteiger partial charge in [-0.2, -0.15) is 0 Å². The van der Waals surface area contributed by atoms with Crippen LogP contribution in [0.15, 0.2) is 77.8 Å². The number of carbonyl (C=O) groups is 1. The van der Waals surface area contributed by atoms with E-state index in [9.17, 15) is 4.79 Å². The minimum absolute atomic E-state index is 0.0630. The highest BCUT2D eigenvalue weighted by Gasteiger charge is 2.25. The molecule has 29 heavy (non-hydrogen) atoms. The third-order valence-corrected chi connectivity index (χ3v) is 5.06. The van der Waals surface area contributed by atoms with E-state index in [1.54, 1.807) is 11.0 Å². The van der Waals surface area contributed by atoms with Crippen molar-refractivity contribution in [2.75, 3.05) is 24.6 Å². The van der Waals surface area contributed by atoms with E-state index in [1.807, 2.05) is 73.7 Å². The molecule has 1 aliphatic heterocycles. The van der Waals surface area contributed by atoms with Crippen LogP contribution in [0.2, 0.25) is 5.02 Å². The van der Waals surface area contributed by atoms with Gasteiger partial charge in [-0.15, -0.1) is 0 Å². The largest absolute Gasteiger partial charge is 0.492 e. The first-order chi connectivity index (χ1) is 14.1. The fourth-order valence-electron chi connectivity index (χ4n) is 3.36. The second-order valence-electron chi connectivity index (χ2n) is 6.90. The molecule has 3 aromatic rings. The molecule has 1 aliphatic rings. The number of fused-ring (bicyclic) bond motifs is 1. The van der Waals surface area contributed by atoms with Gasteiger partial charge in [-0.25, -0.2) is 0 Å². The van der Waals surface area contributed by atoms with E-state index in [1.165, 1.54) is 5.56 Å². The maximum absolute atomic E-state index is 12.9. The molecule has 5 heteroatoms. The van der Waals surface area contributed by atoms with Crippen LogP contribution < -0.4 is 9.64 Å². The molecule has 0 saturated carbocycles. The van der Waals surface area contributed by atoms with Crippen LogP contribution in [-0.2, 0) is 4.79 Å². The monoisotopic (exact) mass is 404 g/mol. The molecule has 0 fully saturated rings. The summed E-state index contributed by atoms with van der Waals surface area (Å²) in [7, 11) is 0. The van der Waals surface area contributed by atoms with Crippen molar-refractivity contribution in [2.45, 2.75) is 6.92 Å². The maximum atomic E-state index is 12.9. The number of nitrogens with zero attached hydrogens (tertiary/aromatic N) is 2. The number of halogens is 1. The molecule has 4 rings (SSSR count). The summed E-state index contributed by atoms with van der Waals surface area (Å²) in [6.07, 6.45) is 0. The fraction of sp³-hybridized carbons (Fsp3) is 0.167. The van der Waals surface area contributed by atoms with Gasteiger partial charge in [0.25, 0.3) is 0 Å². The van der Waals surface area contributed by atoms with E-state index in [0.29, 0.717) is 18.2 Å². The molecule has 1 heterocycles. The van der Waals surface area contributed by atoms with Crippen LogP contribution in [0.25, 0.3) is 0 Å². The second kappa shape index (κ2) is 8.50. The number of anilines is 1. The Kier molecular flexibility index (Phi) is 5.63. The van der Waals surface area contributed by atoms with E-state index in [2.05, 4.69) is 4.99 Å². The topological polar surface area (TPSA) is 41.9 Å². The van der Waals surface area contributed by atoms with Gasteiger partial charge in [0, 0.05) is 16.1 Å². The number of ether oxygens (including phenoxy) is 1. The molecule has 0 atom stereocenters. The summed E-state index contributed by atoms with van der Waals surface area (Å²) >= 11 is 6.28. The SMILES string of the molecule is Cc1ccc(OCCN2C(=O)CN=C(c3ccccc3)c3cc(Cl)ccc32)cc1. The van der Waals surface area contributed by atoms with Gasteiger partial charge in [-0.3, -0.25) is 9.79 Å². The number of rotatable bonds is 5. The van der Waals surface area contributed by atoms with Gasteiger partial charge in [0.2, 0.25) is 5.91 Å². The summed E-state index contributed by atoms with van der Waals surface area (Å²) < 4.78 is 5.85. The Bertz CT molecular complexity index is 1050. The lowest BCUT2D eigenvalue weighted by Crippen LogP contribution is -2.36. The average Bonchev–Trinajstić information content (AvgIpc) is 2.86. The van der Waals surface area contributed by atoms with Gasteiger partial charge in [0.05, 0.1) is 17.9 Å². The van der Waals surface area contributed by atoms with Gasteiger partial charge in [-0.05, 0) is 37.3 Å². The molecular weight excluding hydrogens is 384 g/mol. The van der Waals surface area contributed by atoms with Gasteiger partial charge in [0.15, 0.2) is 0 Å². The van der Waals surface area contributed by atoms with Crippen molar-refractivity contribution in [1.29, 1.82) is 0 Å². The zero-order valence-electron chi connectivity index (χ0n) is 16.1. The highest BCUT2D eigenvalue weighted by atomic mass is 35.5. The minimum Gasteiger partial charge on any atom is -0.492 e. The summed E-state index contributed by atoms with van der Waals surface area (Å²) in [5.41, 5.74) is 4.56. The Morgan fingerprint density at radius 1 is 1.03 bits per heavy atom. The molecule has 1 amide bonds. The number of benzodiazepines with no additional fused rings is 1. The first kappa shape index (κ1) is 19.2. The van der Waals surface area contributed by atoms with Crippen molar-refractivity contribution in [1.82, 2.24) is 0 Å². The van der Waals surface area contributed by atoms with E-state index in [0.717, 1.165) is 28.3 Å². The third kappa shape index (κ3) is 4.33. The van der Waals surface area contributed by atoms with Crippen LogP contribution in [0.3, 0.4) is 0 Å². The number of hydrogen-bond acceptors (Lipinski definition) is 3. The van der Waals surface area contributed by atoms with Crippen molar-refractivity contribution in [3.63, 3.8) is 0 Å². The van der Waals surface area contributed by atoms with E-state index < -0.39 is 0 Å². The van der Waals surface area contributed by atoms with Gasteiger partial charge in [0.1, 0.15) is 18.9 Å². The molecular formula is C24H21ClN2O2. The molecule has 0 aliphatic carbocycles. The van der Waals surface area contributed by atoms with Crippen LogP contribution >= 0.6 is 11.6 Å². The lowest BCUT2D eigenvalue weighted by Gasteiger charge is -2.23. The molecule has 0 unspecified atom stereocenters. The number of hydrogen-bond donors (Lipinski definition) is 0. The smallest absolute Gasteiger partial charge is 0.248 e. The van der Waals surface area contributed by atoms with Gasteiger partial charge < -0.3 is 9.64 Å². The van der Waals surface area contributed by atoms with Crippen LogP contribution in [-0.4, -0.2) is 31.3 Å². The first-order valence-corrected chi connectivity index (χ1v) is 9.89. The first-order valence-electron chi connectivity index (χ1n) is 9.51. The van der Waals surface area contributed by atoms with Crippen molar-refractivity contribution >= 4 is 28.9 Å². The normalized spacial score (nSPS) is 13.5. The standard InChI is InChI=1S/C24H21ClN2O2/c1-17-7-10-20(11-8-17)29-14-13-27-22-12-9-19(25)15-21(22)24(26-16-23(27)28)18-5-3-2-4-6-18/h2-12,15H,13-14,16H2,1H3. The van der Waals surface area contributed by atoms with Crippen molar-refractivity contribution in [3.05, 3.63) is 94.5 Å². The van der Waals surface area contributed by atoms with Crippen LogP contribution in [0.1, 0.15) is 16.7 Å². The van der Waals surface area contributed by atoms with Crippen LogP contribution in [0, 0.1) is 6.92 Å². The lowest BCUT2D eigenvalue weighted by atomic mass is 10.0. The zero-order valence-corrected chi connectivity index (χ0v) is 16.9. The number of aryl methyl sites for hydroxylation is 1. The lowest BCUT2D eigenvalue weighted by molar-refractivity contribution is -0.117. The van der Waals surface area contributed by atoms with Crippen molar-refractivity contribution < 1.29 is 9.53 Å². The third-order valence-electron chi connectivity index (χ3n) is 4.83. The number of amides is 1. The maximum Gasteiger partial charge on any atom is 0.248 e. The predicted octanol–water partition coefficient (Wildman–Crippen LogP) is 4.91. The Hall–Kier alpha value is -3.11. The predicted molar refractivity (Wildman–Crippen MR) is 117 cm³/mol. The molecule has 0 N–H and O–H groups in total. The van der Waals surface area contributed by atoms with Gasteiger partial charge >= 0.3 is 0 Å². The summed E-state index contributed by atoms with van der Waals surface area (Å²) in [4.78, 5) is 19.2. The Morgan fingerprint density at radius 3 is 2.55 bits per heavy atom. The summed E-state index contributed by atoms with van der Waals surface area (Å²) in [5, 5.41) is 0.609. The average molecular weight is 405 g/mol. The molecule has 0 aromatic heterocycles. The molecule has 3 aromatic carbocycles. The Labute approximate surface area is 175 Å². The minimum atomic E-state index is -0.0630. The zero-order chi connectivity index (χ0) is 20.2. The molecule has 0 bridgehead atoms. The van der Waals surface area contributed by atoms with E-state index >= 15 is 0 Å². The fourth-order valence-corrected chi connectivity index (χ4v) is 3.53. The van der Waals surface area contributed by atoms with Crippen molar-refractivity contribution in [3.8, 4) is 5.75 Å². The quantitative estimate of drug-likeness (QED) is 0.606. The Morgan fingerprint density at radius 2 is 1.79 bits per heavy atom. The molecule has 4 nitrogen and oxygen atoms in total. The molecule has 0 saturated heterocycles. The number of aliphatic imine (C=N–C) groups is 1. The van der Waals surface area contributed by atoms with Crippen molar-refractivity contribution in [2.24, 2.45) is 4.99 Å². The molecule has 0 radical (unpaired) electrons.